The Morgan fingerprint density at radius 1 is 1.22 bits per heavy atom. The van der Waals surface area contributed by atoms with Crippen molar-refractivity contribution in [2.75, 3.05) is 6.61 Å². The van der Waals surface area contributed by atoms with Crippen LogP contribution in [0.2, 0.25) is 0 Å². The minimum Gasteiger partial charge on any atom is -0.493 e. The number of hydrogen-bond donors (Lipinski definition) is 0. The summed E-state index contributed by atoms with van der Waals surface area (Å²) < 4.78 is 19.9. The molecule has 0 aromatic heterocycles. The van der Waals surface area contributed by atoms with Crippen LogP contribution in [0.4, 0.5) is 4.39 Å². The summed E-state index contributed by atoms with van der Waals surface area (Å²) in [6.45, 7) is 5.06. The van der Waals surface area contributed by atoms with Gasteiger partial charge in [0.25, 0.3) is 0 Å². The van der Waals surface area contributed by atoms with E-state index in [4.69, 9.17) is 4.74 Å². The maximum absolute atomic E-state index is 13.9. The van der Waals surface area contributed by atoms with E-state index in [1.165, 1.54) is 31.7 Å². The zero-order valence-corrected chi connectivity index (χ0v) is 14.4. The van der Waals surface area contributed by atoms with E-state index in [2.05, 4.69) is 13.8 Å². The Morgan fingerprint density at radius 2 is 2.00 bits per heavy atom. The van der Waals surface area contributed by atoms with Crippen LogP contribution in [-0.2, 0) is 0 Å². The lowest BCUT2D eigenvalue weighted by atomic mass is 9.97. The van der Waals surface area contributed by atoms with Crippen molar-refractivity contribution in [2.45, 2.75) is 71.1 Å². The second-order valence-corrected chi connectivity index (χ2v) is 6.77. The maximum atomic E-state index is 13.9. The third-order valence-corrected chi connectivity index (χ3v) is 4.66. The van der Waals surface area contributed by atoms with Gasteiger partial charge in [0.2, 0.25) is 0 Å². The van der Waals surface area contributed by atoms with Crippen molar-refractivity contribution in [3.63, 3.8) is 0 Å². The molecule has 0 spiro atoms. The van der Waals surface area contributed by atoms with Gasteiger partial charge >= 0.3 is 0 Å². The molecule has 1 saturated carbocycles. The van der Waals surface area contributed by atoms with Gasteiger partial charge in [0.05, 0.1) is 12.2 Å². The number of halogens is 1. The van der Waals surface area contributed by atoms with E-state index in [0.717, 1.165) is 31.2 Å². The lowest BCUT2D eigenvalue weighted by Gasteiger charge is -2.19. The molecule has 0 bridgehead atoms. The molecular weight excluding hydrogens is 291 g/mol. The summed E-state index contributed by atoms with van der Waals surface area (Å²) in [5.74, 6) is 1.14. The number of benzene rings is 1. The van der Waals surface area contributed by atoms with Crippen LogP contribution in [0.15, 0.2) is 12.1 Å². The molecule has 1 unspecified atom stereocenters. The van der Waals surface area contributed by atoms with E-state index in [-0.39, 0.29) is 5.56 Å². The lowest BCUT2D eigenvalue weighted by molar-refractivity contribution is 0.111. The van der Waals surface area contributed by atoms with E-state index >= 15 is 0 Å². The molecule has 1 atom stereocenters. The van der Waals surface area contributed by atoms with Crippen molar-refractivity contribution < 1.29 is 13.9 Å². The zero-order chi connectivity index (χ0) is 16.7. The lowest BCUT2D eigenvalue weighted by Crippen LogP contribution is -2.13. The van der Waals surface area contributed by atoms with Crippen molar-refractivity contribution in [1.82, 2.24) is 0 Å². The predicted molar refractivity (Wildman–Crippen MR) is 91.8 cm³/mol. The van der Waals surface area contributed by atoms with Crippen LogP contribution in [0, 0.1) is 11.7 Å². The SMILES string of the molecule is CCCCCC(CCC)COc1cc(F)c(C=O)cc1C1CC1. The molecule has 1 aliphatic carbocycles. The van der Waals surface area contributed by atoms with Gasteiger partial charge in [0.1, 0.15) is 11.6 Å². The molecule has 0 saturated heterocycles. The van der Waals surface area contributed by atoms with E-state index < -0.39 is 5.82 Å². The molecule has 2 rings (SSSR count). The number of carbonyl (C=O) groups excluding carboxylic acids is 1. The van der Waals surface area contributed by atoms with Gasteiger partial charge in [0, 0.05) is 6.07 Å². The summed E-state index contributed by atoms with van der Waals surface area (Å²) in [6, 6.07) is 3.09. The Balaban J connectivity index is 2.02. The van der Waals surface area contributed by atoms with Crippen LogP contribution in [0.5, 0.6) is 5.75 Å². The van der Waals surface area contributed by atoms with E-state index in [1.807, 2.05) is 0 Å². The molecule has 0 heterocycles. The third-order valence-electron chi connectivity index (χ3n) is 4.66. The van der Waals surface area contributed by atoms with Gasteiger partial charge in [-0.05, 0) is 49.1 Å². The first-order valence-corrected chi connectivity index (χ1v) is 9.10. The van der Waals surface area contributed by atoms with E-state index in [9.17, 15) is 9.18 Å². The molecule has 3 heteroatoms. The van der Waals surface area contributed by atoms with Gasteiger partial charge < -0.3 is 4.74 Å². The van der Waals surface area contributed by atoms with E-state index in [1.54, 1.807) is 6.07 Å². The first kappa shape index (κ1) is 18.0. The van der Waals surface area contributed by atoms with E-state index in [0.29, 0.717) is 30.5 Å². The molecule has 0 aliphatic heterocycles. The largest absolute Gasteiger partial charge is 0.493 e. The van der Waals surface area contributed by atoms with Gasteiger partial charge in [-0.1, -0.05) is 39.5 Å². The number of hydrogen-bond acceptors (Lipinski definition) is 2. The molecule has 0 amide bonds. The zero-order valence-electron chi connectivity index (χ0n) is 14.4. The molecule has 2 nitrogen and oxygen atoms in total. The van der Waals surface area contributed by atoms with Crippen molar-refractivity contribution >= 4 is 6.29 Å². The van der Waals surface area contributed by atoms with Crippen molar-refractivity contribution in [3.8, 4) is 5.75 Å². The summed E-state index contributed by atoms with van der Waals surface area (Å²) in [5.41, 5.74) is 1.16. The highest BCUT2D eigenvalue weighted by Gasteiger charge is 2.28. The Hall–Kier alpha value is -1.38. The van der Waals surface area contributed by atoms with Crippen molar-refractivity contribution in [2.24, 2.45) is 5.92 Å². The fourth-order valence-corrected chi connectivity index (χ4v) is 3.13. The highest BCUT2D eigenvalue weighted by molar-refractivity contribution is 5.76. The molecule has 1 aliphatic rings. The Kier molecular flexibility index (Phi) is 7.07. The van der Waals surface area contributed by atoms with Gasteiger partial charge in [-0.2, -0.15) is 0 Å². The van der Waals surface area contributed by atoms with Crippen LogP contribution < -0.4 is 4.74 Å². The van der Waals surface area contributed by atoms with Crippen molar-refractivity contribution in [1.29, 1.82) is 0 Å². The van der Waals surface area contributed by atoms with Gasteiger partial charge in [-0.15, -0.1) is 0 Å². The first-order valence-electron chi connectivity index (χ1n) is 9.10. The summed E-state index contributed by atoms with van der Waals surface area (Å²) in [5, 5.41) is 0. The summed E-state index contributed by atoms with van der Waals surface area (Å²) in [6.07, 6.45) is 10.00. The monoisotopic (exact) mass is 320 g/mol. The molecule has 128 valence electrons. The number of ether oxygens (including phenoxy) is 1. The molecule has 1 aromatic carbocycles. The second kappa shape index (κ2) is 9.05. The minimum atomic E-state index is -0.475. The first-order chi connectivity index (χ1) is 11.2. The molecular formula is C20H29FO2. The minimum absolute atomic E-state index is 0.146. The summed E-state index contributed by atoms with van der Waals surface area (Å²) >= 11 is 0. The number of aldehydes is 1. The average Bonchev–Trinajstić information content (AvgIpc) is 3.37. The molecule has 0 radical (unpaired) electrons. The Labute approximate surface area is 139 Å². The second-order valence-electron chi connectivity index (χ2n) is 6.77. The van der Waals surface area contributed by atoms with Gasteiger partial charge in [-0.25, -0.2) is 4.39 Å². The van der Waals surface area contributed by atoms with Crippen LogP contribution in [0.25, 0.3) is 0 Å². The van der Waals surface area contributed by atoms with Crippen molar-refractivity contribution in [3.05, 3.63) is 29.1 Å². The third kappa shape index (κ3) is 5.33. The van der Waals surface area contributed by atoms with Gasteiger partial charge in [-0.3, -0.25) is 4.79 Å². The smallest absolute Gasteiger partial charge is 0.153 e. The Bertz CT molecular complexity index is 509. The number of unbranched alkanes of at least 4 members (excludes halogenated alkanes) is 2. The number of rotatable bonds is 11. The standard InChI is InChI=1S/C20H29FO2/c1-3-5-6-8-15(7-4-2)14-23-20-12-19(21)17(13-22)11-18(20)16-9-10-16/h11-13,15-16H,3-10,14H2,1-2H3. The highest BCUT2D eigenvalue weighted by atomic mass is 19.1. The molecule has 23 heavy (non-hydrogen) atoms. The average molecular weight is 320 g/mol. The maximum Gasteiger partial charge on any atom is 0.153 e. The molecule has 1 fully saturated rings. The van der Waals surface area contributed by atoms with Gasteiger partial charge in [0.15, 0.2) is 6.29 Å². The summed E-state index contributed by atoms with van der Waals surface area (Å²) in [4.78, 5) is 11.0. The number of carbonyl (C=O) groups is 1. The van der Waals surface area contributed by atoms with Crippen LogP contribution in [0.1, 0.15) is 87.1 Å². The molecule has 0 N–H and O–H groups in total. The quantitative estimate of drug-likeness (QED) is 0.375. The fraction of sp³-hybridized carbons (Fsp3) is 0.650. The van der Waals surface area contributed by atoms with Crippen LogP contribution in [0.3, 0.4) is 0 Å². The topological polar surface area (TPSA) is 26.3 Å². The normalized spacial score (nSPS) is 15.4. The highest BCUT2D eigenvalue weighted by Crippen LogP contribution is 2.45. The van der Waals surface area contributed by atoms with Crippen LogP contribution >= 0.6 is 0 Å². The fourth-order valence-electron chi connectivity index (χ4n) is 3.13. The Morgan fingerprint density at radius 3 is 2.61 bits per heavy atom. The molecule has 1 aromatic rings. The predicted octanol–water partition coefficient (Wildman–Crippen LogP) is 5.89. The van der Waals surface area contributed by atoms with Crippen LogP contribution in [-0.4, -0.2) is 12.9 Å². The summed E-state index contributed by atoms with van der Waals surface area (Å²) in [7, 11) is 0.